The summed E-state index contributed by atoms with van der Waals surface area (Å²) in [4.78, 5) is 0. The van der Waals surface area contributed by atoms with Crippen molar-refractivity contribution in [3.05, 3.63) is 0 Å². The standard InChI is InChI=1S/C9H8F10O2/c1-4(2)5(10,11)3(6(12,13)14)21-8(20,7(4,15)16)9(17,18)19/h3,20H,1-2H3. The van der Waals surface area contributed by atoms with Crippen LogP contribution >= 0.6 is 0 Å². The molecule has 2 unspecified atom stereocenters. The predicted molar refractivity (Wildman–Crippen MR) is 45.6 cm³/mol. The lowest BCUT2D eigenvalue weighted by Gasteiger charge is -2.54. The van der Waals surface area contributed by atoms with Crippen molar-refractivity contribution in [1.29, 1.82) is 0 Å². The molecule has 0 bridgehead atoms. The number of ether oxygens (including phenoxy) is 1. The molecule has 1 aliphatic rings. The smallest absolute Gasteiger partial charge is 0.354 e. The summed E-state index contributed by atoms with van der Waals surface area (Å²) in [5.41, 5.74) is -4.19. The van der Waals surface area contributed by atoms with Gasteiger partial charge in [0.05, 0.1) is 0 Å². The van der Waals surface area contributed by atoms with Gasteiger partial charge in [0.25, 0.3) is 5.92 Å². The molecular formula is C9H8F10O2. The third-order valence-electron chi connectivity index (χ3n) is 3.34. The molecule has 12 heteroatoms. The van der Waals surface area contributed by atoms with Crippen LogP contribution in [0.25, 0.3) is 0 Å². The Morgan fingerprint density at radius 1 is 0.905 bits per heavy atom. The van der Waals surface area contributed by atoms with Crippen LogP contribution in [0.1, 0.15) is 13.8 Å². The molecule has 1 rings (SSSR count). The Bertz CT molecular complexity index is 423. The summed E-state index contributed by atoms with van der Waals surface area (Å²) in [6.45, 7) is -0.435. The van der Waals surface area contributed by atoms with Crippen molar-refractivity contribution in [3.8, 4) is 0 Å². The van der Waals surface area contributed by atoms with Crippen LogP contribution in [0.4, 0.5) is 43.9 Å². The van der Waals surface area contributed by atoms with Gasteiger partial charge >= 0.3 is 24.1 Å². The maximum atomic E-state index is 13.6. The van der Waals surface area contributed by atoms with Gasteiger partial charge in [-0.15, -0.1) is 0 Å². The molecule has 1 N–H and O–H groups in total. The molecule has 0 aliphatic carbocycles. The van der Waals surface area contributed by atoms with Crippen LogP contribution in [0.3, 0.4) is 0 Å². The average Bonchev–Trinajstić information content (AvgIpc) is 2.19. The highest BCUT2D eigenvalue weighted by molar-refractivity contribution is 5.13. The minimum Gasteiger partial charge on any atom is -0.354 e. The van der Waals surface area contributed by atoms with E-state index in [1.807, 2.05) is 0 Å². The number of rotatable bonds is 0. The lowest BCUT2D eigenvalue weighted by molar-refractivity contribution is -0.524. The van der Waals surface area contributed by atoms with Gasteiger partial charge in [0.15, 0.2) is 0 Å². The Morgan fingerprint density at radius 3 is 1.57 bits per heavy atom. The second-order valence-corrected chi connectivity index (χ2v) is 5.00. The molecule has 2 nitrogen and oxygen atoms in total. The second-order valence-electron chi connectivity index (χ2n) is 5.00. The van der Waals surface area contributed by atoms with Crippen LogP contribution < -0.4 is 0 Å². The molecule has 0 spiro atoms. The molecule has 0 amide bonds. The average molecular weight is 338 g/mol. The third kappa shape index (κ3) is 2.09. The highest BCUT2D eigenvalue weighted by Gasteiger charge is 2.87. The van der Waals surface area contributed by atoms with Crippen molar-refractivity contribution >= 4 is 0 Å². The first-order valence-corrected chi connectivity index (χ1v) is 5.13. The summed E-state index contributed by atoms with van der Waals surface area (Å²) >= 11 is 0. The molecular weight excluding hydrogens is 330 g/mol. The van der Waals surface area contributed by atoms with Gasteiger partial charge in [-0.25, -0.2) is 8.78 Å². The van der Waals surface area contributed by atoms with Crippen LogP contribution in [-0.4, -0.2) is 41.2 Å². The van der Waals surface area contributed by atoms with Crippen molar-refractivity contribution < 1.29 is 53.7 Å². The normalized spacial score (nSPS) is 35.6. The van der Waals surface area contributed by atoms with E-state index in [1.54, 1.807) is 0 Å². The van der Waals surface area contributed by atoms with E-state index in [0.29, 0.717) is 0 Å². The van der Waals surface area contributed by atoms with Crippen molar-refractivity contribution in [1.82, 2.24) is 0 Å². The fourth-order valence-corrected chi connectivity index (χ4v) is 1.80. The summed E-state index contributed by atoms with van der Waals surface area (Å²) in [5.74, 6) is -16.9. The van der Waals surface area contributed by atoms with E-state index in [9.17, 15) is 43.9 Å². The van der Waals surface area contributed by atoms with Crippen molar-refractivity contribution in [3.63, 3.8) is 0 Å². The number of hydrogen-bond acceptors (Lipinski definition) is 2. The predicted octanol–water partition coefficient (Wildman–Crippen LogP) is 3.50. The molecule has 126 valence electrons. The van der Waals surface area contributed by atoms with E-state index >= 15 is 0 Å². The second kappa shape index (κ2) is 4.15. The maximum Gasteiger partial charge on any atom is 0.449 e. The Balaban J connectivity index is 3.63. The zero-order chi connectivity index (χ0) is 17.3. The van der Waals surface area contributed by atoms with Crippen LogP contribution in [0.2, 0.25) is 0 Å². The summed E-state index contributed by atoms with van der Waals surface area (Å²) in [6.07, 6.45) is -17.1. The van der Waals surface area contributed by atoms with Gasteiger partial charge in [0, 0.05) is 0 Å². The molecule has 0 radical (unpaired) electrons. The number of alkyl halides is 10. The van der Waals surface area contributed by atoms with Gasteiger partial charge in [-0.1, -0.05) is 0 Å². The lowest BCUT2D eigenvalue weighted by Crippen LogP contribution is -2.78. The first kappa shape index (κ1) is 18.3. The van der Waals surface area contributed by atoms with Gasteiger partial charge in [-0.05, 0) is 13.8 Å². The van der Waals surface area contributed by atoms with Gasteiger partial charge in [-0.2, -0.15) is 35.1 Å². The molecule has 1 fully saturated rings. The van der Waals surface area contributed by atoms with Crippen molar-refractivity contribution in [2.24, 2.45) is 5.41 Å². The number of hydrogen-bond donors (Lipinski definition) is 1. The zero-order valence-electron chi connectivity index (χ0n) is 10.2. The van der Waals surface area contributed by atoms with E-state index in [4.69, 9.17) is 5.11 Å². The van der Waals surface area contributed by atoms with E-state index in [2.05, 4.69) is 4.74 Å². The first-order chi connectivity index (χ1) is 8.84. The van der Waals surface area contributed by atoms with Crippen LogP contribution in [0, 0.1) is 5.41 Å². The molecule has 0 aromatic heterocycles. The fraction of sp³-hybridized carbons (Fsp3) is 1.00. The van der Waals surface area contributed by atoms with Crippen molar-refractivity contribution in [2.45, 2.75) is 49.9 Å². The van der Waals surface area contributed by atoms with E-state index < -0.39 is 41.5 Å². The summed E-state index contributed by atoms with van der Waals surface area (Å²) in [7, 11) is 0. The molecule has 0 saturated carbocycles. The molecule has 1 saturated heterocycles. The monoisotopic (exact) mass is 338 g/mol. The molecule has 1 aliphatic heterocycles. The number of aliphatic hydroxyl groups is 1. The maximum absolute atomic E-state index is 13.6. The van der Waals surface area contributed by atoms with Crippen LogP contribution in [0.15, 0.2) is 0 Å². The quantitative estimate of drug-likeness (QED) is 0.685. The highest BCUT2D eigenvalue weighted by Crippen LogP contribution is 2.64. The molecule has 21 heavy (non-hydrogen) atoms. The van der Waals surface area contributed by atoms with E-state index in [-0.39, 0.29) is 13.8 Å². The Hall–Kier alpha value is -0.780. The summed E-state index contributed by atoms with van der Waals surface area (Å²) in [5, 5.41) is 8.91. The molecule has 1 heterocycles. The van der Waals surface area contributed by atoms with Crippen LogP contribution in [-0.2, 0) is 4.74 Å². The van der Waals surface area contributed by atoms with Crippen LogP contribution in [0.5, 0.6) is 0 Å². The van der Waals surface area contributed by atoms with E-state index in [1.165, 1.54) is 0 Å². The minimum atomic E-state index is -6.44. The molecule has 0 aromatic carbocycles. The summed E-state index contributed by atoms with van der Waals surface area (Å²) in [6, 6.07) is 0. The molecule has 2 atom stereocenters. The minimum absolute atomic E-state index is 0.217. The Labute approximate surface area is 110 Å². The van der Waals surface area contributed by atoms with Gasteiger partial charge < -0.3 is 9.84 Å². The molecule has 0 aromatic rings. The number of halogens is 10. The largest absolute Gasteiger partial charge is 0.449 e. The van der Waals surface area contributed by atoms with Crippen molar-refractivity contribution in [2.75, 3.05) is 0 Å². The van der Waals surface area contributed by atoms with Gasteiger partial charge in [0.1, 0.15) is 5.41 Å². The fourth-order valence-electron chi connectivity index (χ4n) is 1.80. The van der Waals surface area contributed by atoms with E-state index in [0.717, 1.165) is 0 Å². The highest BCUT2D eigenvalue weighted by atomic mass is 19.4. The summed E-state index contributed by atoms with van der Waals surface area (Å²) < 4.78 is 132. The lowest BCUT2D eigenvalue weighted by atomic mass is 9.70. The Morgan fingerprint density at radius 2 is 1.29 bits per heavy atom. The van der Waals surface area contributed by atoms with Gasteiger partial charge in [0.2, 0.25) is 6.10 Å². The topological polar surface area (TPSA) is 29.5 Å². The zero-order valence-corrected chi connectivity index (χ0v) is 10.2. The SMILES string of the molecule is CC1(C)C(F)(F)C(C(F)(F)F)OC(O)(C(F)(F)F)C1(F)F. The Kier molecular flexibility index (Phi) is 3.61. The first-order valence-electron chi connectivity index (χ1n) is 5.13. The third-order valence-corrected chi connectivity index (χ3v) is 3.34. The van der Waals surface area contributed by atoms with Gasteiger partial charge in [-0.3, -0.25) is 0 Å².